The van der Waals surface area contributed by atoms with E-state index in [1.807, 2.05) is 0 Å². The van der Waals surface area contributed by atoms with Gasteiger partial charge < -0.3 is 30.0 Å². The van der Waals surface area contributed by atoms with Crippen LogP contribution in [0.25, 0.3) is 10.9 Å². The highest BCUT2D eigenvalue weighted by Gasteiger charge is 2.56. The van der Waals surface area contributed by atoms with Gasteiger partial charge in [-0.05, 0) is 62.2 Å². The number of urea groups is 1. The molecule has 1 heterocycles. The summed E-state index contributed by atoms with van der Waals surface area (Å²) >= 11 is 5.60. The fourth-order valence-corrected chi connectivity index (χ4v) is 4.82. The number of carboxylic acid groups (broad SMARTS) is 1. The zero-order valence-corrected chi connectivity index (χ0v) is 23.8. The van der Waals surface area contributed by atoms with Crippen molar-refractivity contribution < 1.29 is 46.5 Å². The number of alkyl halides is 3. The number of aliphatic carboxylic acids is 1. The maximum Gasteiger partial charge on any atom is 0.417 e. The third-order valence-electron chi connectivity index (χ3n) is 7.22. The Hall–Kier alpha value is -4.78. The molecule has 3 aromatic carbocycles. The number of fused-ring (bicyclic) bond motifs is 1. The lowest BCUT2D eigenvalue weighted by Gasteiger charge is -2.22. The summed E-state index contributed by atoms with van der Waals surface area (Å²) in [7, 11) is 1.42. The van der Waals surface area contributed by atoms with Crippen LogP contribution in [0.5, 0.6) is 23.0 Å². The van der Waals surface area contributed by atoms with E-state index in [1.165, 1.54) is 37.6 Å². The van der Waals surface area contributed by atoms with Gasteiger partial charge in [-0.2, -0.15) is 13.2 Å². The number of nitrogens with zero attached hydrogens (tertiary/aromatic N) is 1. The zero-order valence-electron chi connectivity index (χ0n) is 23.1. The zero-order chi connectivity index (χ0) is 31.8. The van der Waals surface area contributed by atoms with E-state index in [0.29, 0.717) is 29.8 Å². The van der Waals surface area contributed by atoms with Gasteiger partial charge in [0.05, 0.1) is 23.2 Å². The van der Waals surface area contributed by atoms with Gasteiger partial charge in [0, 0.05) is 35.1 Å². The maximum absolute atomic E-state index is 15.0. The number of halogens is 5. The molecule has 0 bridgehead atoms. The number of amides is 2. The minimum Gasteiger partial charge on any atom is -0.493 e. The average Bonchev–Trinajstić information content (AvgIpc) is 3.77. The topological polar surface area (TPSA) is 119 Å². The summed E-state index contributed by atoms with van der Waals surface area (Å²) in [6.07, 6.45) is -2.89. The van der Waals surface area contributed by atoms with E-state index >= 15 is 4.39 Å². The Morgan fingerprint density at radius 1 is 0.977 bits per heavy atom. The Morgan fingerprint density at radius 3 is 2.27 bits per heavy atom. The molecule has 0 spiro atoms. The molecule has 1 fully saturated rings. The number of carbonyl (C=O) groups excluding carboxylic acids is 1. The number of carbonyl (C=O) groups is 2. The van der Waals surface area contributed by atoms with Crippen molar-refractivity contribution in [2.45, 2.75) is 32.0 Å². The smallest absolute Gasteiger partial charge is 0.417 e. The molecular formula is C30H24ClF4N3O6. The van der Waals surface area contributed by atoms with E-state index in [1.54, 1.807) is 19.1 Å². The molecule has 1 aliphatic rings. The number of rotatable bonds is 9. The molecule has 1 atom stereocenters. The molecule has 1 aliphatic carbocycles. The number of aromatic nitrogens is 1. The van der Waals surface area contributed by atoms with Crippen molar-refractivity contribution in [3.8, 4) is 23.0 Å². The van der Waals surface area contributed by atoms with Gasteiger partial charge in [-0.25, -0.2) is 9.18 Å². The second-order valence-corrected chi connectivity index (χ2v) is 10.5. The van der Waals surface area contributed by atoms with Crippen LogP contribution in [-0.4, -0.2) is 35.3 Å². The summed E-state index contributed by atoms with van der Waals surface area (Å²) in [5.41, 5.74) is -1.82. The minimum atomic E-state index is -4.72. The molecule has 5 rings (SSSR count). The quantitative estimate of drug-likeness (QED) is 0.159. The van der Waals surface area contributed by atoms with Crippen molar-refractivity contribution >= 4 is 45.9 Å². The molecule has 0 saturated heterocycles. The number of anilines is 2. The molecule has 44 heavy (non-hydrogen) atoms. The summed E-state index contributed by atoms with van der Waals surface area (Å²) in [6, 6.07) is 10.2. The van der Waals surface area contributed by atoms with Crippen LogP contribution in [0, 0.1) is 11.2 Å². The first-order valence-corrected chi connectivity index (χ1v) is 13.5. The van der Waals surface area contributed by atoms with Gasteiger partial charge in [-0.15, -0.1) is 0 Å². The molecule has 1 saturated carbocycles. The third-order valence-corrected chi connectivity index (χ3v) is 7.55. The van der Waals surface area contributed by atoms with Gasteiger partial charge >= 0.3 is 18.2 Å². The number of nitrogens with one attached hydrogen (secondary N) is 2. The first-order chi connectivity index (χ1) is 20.8. The van der Waals surface area contributed by atoms with Crippen LogP contribution in [0.15, 0.2) is 60.8 Å². The van der Waals surface area contributed by atoms with E-state index in [9.17, 15) is 27.9 Å². The van der Waals surface area contributed by atoms with Gasteiger partial charge in [0.15, 0.2) is 23.1 Å². The van der Waals surface area contributed by atoms with Crippen molar-refractivity contribution in [3.05, 3.63) is 77.2 Å². The summed E-state index contributed by atoms with van der Waals surface area (Å²) < 4.78 is 71.6. The van der Waals surface area contributed by atoms with Crippen LogP contribution in [0.4, 0.5) is 33.7 Å². The number of carboxylic acids is 1. The Balaban J connectivity index is 1.31. The Labute approximate surface area is 252 Å². The van der Waals surface area contributed by atoms with E-state index in [-0.39, 0.29) is 34.4 Å². The van der Waals surface area contributed by atoms with Gasteiger partial charge in [-0.3, -0.25) is 9.78 Å². The van der Waals surface area contributed by atoms with Gasteiger partial charge in [-0.1, -0.05) is 11.6 Å². The molecule has 4 aromatic rings. The van der Waals surface area contributed by atoms with Crippen molar-refractivity contribution in [2.75, 3.05) is 17.7 Å². The summed E-state index contributed by atoms with van der Waals surface area (Å²) in [5, 5.41) is 14.1. The fraction of sp³-hybridized carbons (Fsp3) is 0.233. The molecule has 1 aromatic heterocycles. The summed E-state index contributed by atoms with van der Waals surface area (Å²) in [4.78, 5) is 28.4. The van der Waals surface area contributed by atoms with Crippen LogP contribution in [-0.2, 0) is 11.0 Å². The van der Waals surface area contributed by atoms with Crippen LogP contribution < -0.4 is 24.8 Å². The van der Waals surface area contributed by atoms with Crippen LogP contribution in [0.1, 0.15) is 25.3 Å². The number of benzene rings is 3. The van der Waals surface area contributed by atoms with Crippen LogP contribution in [0.2, 0.25) is 5.02 Å². The molecule has 0 radical (unpaired) electrons. The van der Waals surface area contributed by atoms with Crippen molar-refractivity contribution in [1.29, 1.82) is 0 Å². The normalized spacial score (nSPS) is 14.4. The first-order valence-electron chi connectivity index (χ1n) is 13.1. The summed E-state index contributed by atoms with van der Waals surface area (Å²) in [6.45, 7) is 1.68. The lowest BCUT2D eigenvalue weighted by molar-refractivity contribution is -0.146. The van der Waals surface area contributed by atoms with Gasteiger partial charge in [0.25, 0.3) is 0 Å². The molecule has 14 heteroatoms. The highest BCUT2D eigenvalue weighted by Crippen LogP contribution is 2.51. The Morgan fingerprint density at radius 2 is 1.66 bits per heavy atom. The van der Waals surface area contributed by atoms with Gasteiger partial charge in [0.2, 0.25) is 0 Å². The molecule has 230 valence electrons. The molecule has 9 nitrogen and oxygen atoms in total. The van der Waals surface area contributed by atoms with E-state index < -0.39 is 46.1 Å². The van der Waals surface area contributed by atoms with Crippen molar-refractivity contribution in [2.24, 2.45) is 5.41 Å². The summed E-state index contributed by atoms with van der Waals surface area (Å²) in [5.74, 6) is -1.17. The molecule has 0 aliphatic heterocycles. The average molecular weight is 634 g/mol. The Kier molecular flexibility index (Phi) is 8.17. The van der Waals surface area contributed by atoms with Crippen molar-refractivity contribution in [1.82, 2.24) is 4.98 Å². The number of ether oxygens (including phenoxy) is 3. The van der Waals surface area contributed by atoms with Gasteiger partial charge in [0.1, 0.15) is 17.3 Å². The van der Waals surface area contributed by atoms with E-state index in [0.717, 1.165) is 12.1 Å². The van der Waals surface area contributed by atoms with Crippen LogP contribution in [0.3, 0.4) is 0 Å². The molecule has 1 unspecified atom stereocenters. The maximum atomic E-state index is 15.0. The molecule has 2 amide bonds. The Bertz CT molecular complexity index is 1760. The fourth-order valence-electron chi connectivity index (χ4n) is 4.59. The standard InChI is InChI=1S/C30H24ClF4N3O6/c1-15(29(8-9-29)27(39)40)43-26-14-22-18(13-25(26)42-2)23(7-10-36-22)44-24-6-4-17(12-21(24)32)38-28(41)37-16-3-5-20(31)19(11-16)30(33,34)35/h3-7,10-15H,8-9H2,1-2H3,(H,39,40)(H2,37,38,41). The SMILES string of the molecule is COc1cc2c(Oc3ccc(NC(=O)Nc4ccc(Cl)c(C(F)(F)F)c4)cc3F)ccnc2cc1OC(C)C1(C(=O)O)CC1. The number of methoxy groups -OCH3 is 1. The first kappa shape index (κ1) is 30.7. The predicted octanol–water partition coefficient (Wildman–Crippen LogP) is 8.12. The lowest BCUT2D eigenvalue weighted by atomic mass is 10.0. The monoisotopic (exact) mass is 633 g/mol. The number of hydrogen-bond acceptors (Lipinski definition) is 6. The molecule has 3 N–H and O–H groups in total. The second kappa shape index (κ2) is 11.7. The van der Waals surface area contributed by atoms with E-state index in [4.69, 9.17) is 25.8 Å². The minimum absolute atomic E-state index is 0.00400. The number of hydrogen-bond donors (Lipinski definition) is 3. The number of pyridine rings is 1. The second-order valence-electron chi connectivity index (χ2n) is 10.1. The molecular weight excluding hydrogens is 610 g/mol. The predicted molar refractivity (Wildman–Crippen MR) is 153 cm³/mol. The highest BCUT2D eigenvalue weighted by molar-refractivity contribution is 6.31. The highest BCUT2D eigenvalue weighted by atomic mass is 35.5. The van der Waals surface area contributed by atoms with Crippen molar-refractivity contribution in [3.63, 3.8) is 0 Å². The third kappa shape index (κ3) is 6.27. The van der Waals surface area contributed by atoms with E-state index in [2.05, 4.69) is 15.6 Å². The van der Waals surface area contributed by atoms with Crippen LogP contribution >= 0.6 is 11.6 Å². The lowest BCUT2D eigenvalue weighted by Crippen LogP contribution is -2.32. The largest absolute Gasteiger partial charge is 0.493 e.